The van der Waals surface area contributed by atoms with Crippen LogP contribution in [0.3, 0.4) is 0 Å². The van der Waals surface area contributed by atoms with Crippen molar-refractivity contribution in [3.05, 3.63) is 0 Å². The third kappa shape index (κ3) is 1.09. The Balaban J connectivity index is 2.00. The van der Waals surface area contributed by atoms with Gasteiger partial charge in [0, 0.05) is 0 Å². The second-order valence-corrected chi connectivity index (χ2v) is 1.67. The van der Waals surface area contributed by atoms with E-state index in [2.05, 4.69) is 0 Å². The molecule has 0 aromatic heterocycles. The lowest BCUT2D eigenvalue weighted by Crippen LogP contribution is -2.15. The zero-order valence-electron chi connectivity index (χ0n) is 3.94. The molecule has 6 heavy (non-hydrogen) atoms. The molecule has 0 radical (unpaired) electrons. The van der Waals surface area contributed by atoms with Crippen molar-refractivity contribution in [2.75, 3.05) is 0 Å². The molecule has 1 fully saturated rings. The molecule has 0 unspecified atom stereocenters. The van der Waals surface area contributed by atoms with E-state index in [1.807, 2.05) is 0 Å². The van der Waals surface area contributed by atoms with Gasteiger partial charge in [0.2, 0.25) is 15.0 Å². The van der Waals surface area contributed by atoms with Crippen molar-refractivity contribution in [1.29, 1.82) is 0 Å². The molecular weight excluding hydrogens is 72.5 g/mol. The number of hydrogen-bond acceptors (Lipinski definition) is 1. The Morgan fingerprint density at radius 2 is 1.83 bits per heavy atom. The van der Waals surface area contributed by atoms with Crippen molar-refractivity contribution >= 4 is 22.2 Å². The monoisotopic (exact) mass is 80.1 g/mol. The van der Waals surface area contributed by atoms with Gasteiger partial charge < -0.3 is 4.57 Å². The van der Waals surface area contributed by atoms with Gasteiger partial charge in [0.1, 0.15) is 7.28 Å². The van der Waals surface area contributed by atoms with E-state index in [4.69, 9.17) is 4.57 Å². The molecule has 4 heteroatoms. The van der Waals surface area contributed by atoms with Gasteiger partial charge in [0.05, 0.1) is 0 Å². The van der Waals surface area contributed by atoms with Crippen molar-refractivity contribution < 1.29 is 4.57 Å². The minimum absolute atomic E-state index is 1.00. The van der Waals surface area contributed by atoms with Gasteiger partial charge in [-0.25, -0.2) is 0 Å². The summed E-state index contributed by atoms with van der Waals surface area (Å²) in [5, 5.41) is 0. The predicted molar refractivity (Wildman–Crippen MR) is 32.1 cm³/mol. The van der Waals surface area contributed by atoms with Crippen LogP contribution in [0, 0.1) is 0 Å². The maximum Gasteiger partial charge on any atom is 0.248 e. The van der Waals surface area contributed by atoms with Crippen LogP contribution in [0.5, 0.6) is 0 Å². The quantitative estimate of drug-likeness (QED) is 0.335. The maximum atomic E-state index is 5.07. The van der Waals surface area contributed by atoms with Gasteiger partial charge in [-0.1, -0.05) is 12.4 Å². The molecule has 1 nitrogen and oxygen atoms in total. The van der Waals surface area contributed by atoms with Crippen molar-refractivity contribution in [1.82, 2.24) is 0 Å². The Morgan fingerprint density at radius 1 is 1.17 bits per heavy atom. The van der Waals surface area contributed by atoms with E-state index >= 15 is 0 Å². The number of hydrogen-bond donors (Lipinski definition) is 0. The first-order chi connectivity index (χ1) is 3.00. The van der Waals surface area contributed by atoms with E-state index < -0.39 is 0 Å². The smallest absolute Gasteiger partial charge is 0.248 e. The zero-order chi connectivity index (χ0) is 4.24. The first-order valence-electron chi connectivity index (χ1n) is 2.58. The van der Waals surface area contributed by atoms with E-state index in [1.165, 1.54) is 19.7 Å². The van der Waals surface area contributed by atoms with Crippen LogP contribution in [0.2, 0.25) is 12.4 Å². The van der Waals surface area contributed by atoms with Crippen molar-refractivity contribution in [3.8, 4) is 0 Å². The van der Waals surface area contributed by atoms with Gasteiger partial charge in [0.25, 0.3) is 0 Å². The fourth-order valence-corrected chi connectivity index (χ4v) is 0.687. The van der Waals surface area contributed by atoms with Crippen molar-refractivity contribution in [2.45, 2.75) is 12.4 Å². The molecule has 0 saturated carbocycles. The molecule has 1 aliphatic heterocycles. The lowest BCUT2D eigenvalue weighted by atomic mass is 9.50. The molecule has 0 atom stereocenters. The molecule has 0 bridgehead atoms. The van der Waals surface area contributed by atoms with Crippen LogP contribution < -0.4 is 0 Å². The molecule has 0 N–H and O–H groups in total. The molecule has 1 heterocycles. The van der Waals surface area contributed by atoms with E-state index in [9.17, 15) is 0 Å². The van der Waals surface area contributed by atoms with Crippen LogP contribution in [0.1, 0.15) is 0 Å². The van der Waals surface area contributed by atoms with Crippen molar-refractivity contribution in [2.24, 2.45) is 0 Å². The first kappa shape index (κ1) is 4.32. The van der Waals surface area contributed by atoms with Crippen LogP contribution in [0.25, 0.3) is 0 Å². The first-order valence-corrected chi connectivity index (χ1v) is 2.58. The third-order valence-corrected chi connectivity index (χ3v) is 1.08. The van der Waals surface area contributed by atoms with Gasteiger partial charge in [-0.15, -0.1) is 0 Å². The third-order valence-electron chi connectivity index (χ3n) is 1.08. The largest absolute Gasteiger partial charge is 0.505 e. The molecule has 30 valence electrons. The minimum atomic E-state index is 1.00. The second kappa shape index (κ2) is 2.35. The summed E-state index contributed by atoms with van der Waals surface area (Å²) in [5.74, 6) is 0. The van der Waals surface area contributed by atoms with Gasteiger partial charge in [-0.3, -0.25) is 0 Å². The summed E-state index contributed by atoms with van der Waals surface area (Å²) in [6.07, 6.45) is 2.56. The standard InChI is InChI=1S/C2H7B3O/c1-3-2-5-6-4-1/h3-5H,1-2H2. The minimum Gasteiger partial charge on any atom is -0.505 e. The van der Waals surface area contributed by atoms with Crippen LogP contribution in [-0.2, 0) is 4.57 Å². The van der Waals surface area contributed by atoms with Gasteiger partial charge >= 0.3 is 0 Å². The molecule has 0 aromatic carbocycles. The highest BCUT2D eigenvalue weighted by Crippen LogP contribution is 1.90. The summed E-state index contributed by atoms with van der Waals surface area (Å²) < 4.78 is 5.07. The van der Waals surface area contributed by atoms with Gasteiger partial charge in [-0.2, -0.15) is 0 Å². The topological polar surface area (TPSA) is 9.23 Å². The Hall–Kier alpha value is 0.155. The Morgan fingerprint density at radius 3 is 2.00 bits per heavy atom. The van der Waals surface area contributed by atoms with E-state index in [0.717, 1.165) is 15.0 Å². The van der Waals surface area contributed by atoms with Crippen LogP contribution in [-0.4, -0.2) is 22.2 Å². The predicted octanol–water partition coefficient (Wildman–Crippen LogP) is -1.09. The summed E-state index contributed by atoms with van der Waals surface area (Å²) in [5.41, 5.74) is 0. The summed E-state index contributed by atoms with van der Waals surface area (Å²) in [6, 6.07) is 0. The average Bonchev–Trinajstić information content (AvgIpc) is 1.72. The van der Waals surface area contributed by atoms with Crippen LogP contribution in [0.15, 0.2) is 0 Å². The van der Waals surface area contributed by atoms with Crippen LogP contribution in [0.4, 0.5) is 0 Å². The molecule has 0 aliphatic carbocycles. The lowest BCUT2D eigenvalue weighted by Gasteiger charge is -2.03. The van der Waals surface area contributed by atoms with E-state index in [0.29, 0.717) is 0 Å². The highest BCUT2D eigenvalue weighted by Gasteiger charge is 2.01. The molecular formula is C2H7B3O. The highest BCUT2D eigenvalue weighted by atomic mass is 16.4. The molecule has 1 aliphatic rings. The van der Waals surface area contributed by atoms with Crippen molar-refractivity contribution in [3.63, 3.8) is 0 Å². The Labute approximate surface area is 40.2 Å². The maximum absolute atomic E-state index is 5.07. The van der Waals surface area contributed by atoms with E-state index in [-0.39, 0.29) is 0 Å². The zero-order valence-corrected chi connectivity index (χ0v) is 3.94. The average molecular weight is 79.5 g/mol. The Kier molecular flexibility index (Phi) is 1.69. The fraction of sp³-hybridized carbons (Fsp3) is 1.00. The van der Waals surface area contributed by atoms with Crippen LogP contribution >= 0.6 is 0 Å². The SMILES string of the molecule is B1CBOBC1. The number of rotatable bonds is 0. The summed E-state index contributed by atoms with van der Waals surface area (Å²) in [4.78, 5) is 0. The molecule has 1 rings (SSSR count). The Bertz CT molecular complexity index is 24.3. The summed E-state index contributed by atoms with van der Waals surface area (Å²) in [6.45, 7) is 0. The summed E-state index contributed by atoms with van der Waals surface area (Å²) in [7, 11) is 3.38. The highest BCUT2D eigenvalue weighted by molar-refractivity contribution is 6.67. The molecule has 1 saturated heterocycles. The molecule has 0 amide bonds. The fourth-order valence-electron chi connectivity index (χ4n) is 0.687. The normalized spacial score (nSPS) is 20.0. The van der Waals surface area contributed by atoms with Gasteiger partial charge in [0.15, 0.2) is 0 Å². The lowest BCUT2D eigenvalue weighted by molar-refractivity contribution is 0.642. The molecule has 0 aromatic rings. The van der Waals surface area contributed by atoms with Gasteiger partial charge in [-0.05, 0) is 0 Å². The molecule has 0 spiro atoms. The summed E-state index contributed by atoms with van der Waals surface area (Å²) >= 11 is 0. The van der Waals surface area contributed by atoms with E-state index in [1.54, 1.807) is 0 Å². The second-order valence-electron chi connectivity index (χ2n) is 1.67.